The summed E-state index contributed by atoms with van der Waals surface area (Å²) in [5.41, 5.74) is 15.0. The van der Waals surface area contributed by atoms with Crippen LogP contribution in [0, 0.1) is 11.8 Å². The summed E-state index contributed by atoms with van der Waals surface area (Å²) in [6, 6.07) is 11.6. The summed E-state index contributed by atoms with van der Waals surface area (Å²) in [5, 5.41) is 7.69. The largest absolute Gasteiger partial charge is 0.374 e. The third-order valence-corrected chi connectivity index (χ3v) is 9.58. The van der Waals surface area contributed by atoms with E-state index in [1.807, 2.05) is 0 Å². The molecule has 0 radical (unpaired) electrons. The van der Waals surface area contributed by atoms with Crippen LogP contribution in [0.4, 0.5) is 0 Å². The van der Waals surface area contributed by atoms with Crippen LogP contribution >= 0.6 is 0 Å². The minimum absolute atomic E-state index is 0.136. The summed E-state index contributed by atoms with van der Waals surface area (Å²) in [6.45, 7) is 0. The van der Waals surface area contributed by atoms with Crippen LogP contribution in [0.2, 0.25) is 0 Å². The highest BCUT2D eigenvalue weighted by molar-refractivity contribution is 5.71. The zero-order valence-corrected chi connectivity index (χ0v) is 22.7. The lowest BCUT2D eigenvalue weighted by Gasteiger charge is -2.38. The summed E-state index contributed by atoms with van der Waals surface area (Å²) in [5.74, 6) is 0.567. The molecule has 1 aromatic rings. The fourth-order valence-electron chi connectivity index (χ4n) is 7.80. The standard InChI is InChI=1S/C39H30N2/c1-2-12-24(13-3-1)37(31-22-33-27-16-8-10-20-35(27)40-38(33)29-18-6-4-14-25(29)31)32-23-34-28-17-9-11-21-36(28)41-39(34)30-19-7-5-15-26(30)32/h1-23,25-26,35-37,40-41H. The second-order valence-corrected chi connectivity index (χ2v) is 11.7. The second-order valence-electron chi connectivity index (χ2n) is 11.7. The second kappa shape index (κ2) is 8.84. The minimum atomic E-state index is 0.136. The lowest BCUT2D eigenvalue weighted by molar-refractivity contribution is 0.691. The fraction of sp³-hybridized carbons (Fsp3) is 0.128. The van der Waals surface area contributed by atoms with E-state index in [1.54, 1.807) is 0 Å². The normalized spacial score (nSPS) is 29.9. The Balaban J connectivity index is 1.29. The van der Waals surface area contributed by atoms with E-state index in [1.165, 1.54) is 61.5 Å². The number of allylic oxidation sites excluding steroid dienone is 18. The first-order valence-corrected chi connectivity index (χ1v) is 14.7. The molecule has 0 saturated heterocycles. The van der Waals surface area contributed by atoms with Crippen LogP contribution in [0.5, 0.6) is 0 Å². The summed E-state index contributed by atoms with van der Waals surface area (Å²) >= 11 is 0. The van der Waals surface area contributed by atoms with Crippen molar-refractivity contribution in [2.45, 2.75) is 18.0 Å². The molecule has 6 aliphatic carbocycles. The van der Waals surface area contributed by atoms with Crippen molar-refractivity contribution in [2.75, 3.05) is 0 Å². The first kappa shape index (κ1) is 22.9. The van der Waals surface area contributed by atoms with Crippen molar-refractivity contribution in [3.05, 3.63) is 201 Å². The smallest absolute Gasteiger partial charge is 0.0707 e. The number of benzene rings is 1. The molecule has 2 aliphatic heterocycles. The van der Waals surface area contributed by atoms with Gasteiger partial charge in [0.05, 0.1) is 12.1 Å². The molecule has 0 fully saturated rings. The molecule has 2 heteroatoms. The molecule has 8 aliphatic rings. The van der Waals surface area contributed by atoms with E-state index in [0.717, 1.165) is 0 Å². The number of nitrogens with one attached hydrogen (secondary N) is 2. The number of hydrogen-bond donors (Lipinski definition) is 2. The molecule has 0 amide bonds. The van der Waals surface area contributed by atoms with E-state index in [9.17, 15) is 0 Å². The molecular weight excluding hydrogens is 496 g/mol. The highest BCUT2D eigenvalue weighted by Crippen LogP contribution is 2.53. The lowest BCUT2D eigenvalue weighted by atomic mass is 9.66. The Kier molecular flexibility index (Phi) is 4.95. The molecule has 0 spiro atoms. The highest BCUT2D eigenvalue weighted by Gasteiger charge is 2.42. The van der Waals surface area contributed by atoms with Crippen molar-refractivity contribution < 1.29 is 0 Å². The van der Waals surface area contributed by atoms with Gasteiger partial charge in [-0.25, -0.2) is 0 Å². The van der Waals surface area contributed by atoms with E-state index in [-0.39, 0.29) is 29.8 Å². The molecular formula is C39H30N2. The summed E-state index contributed by atoms with van der Waals surface area (Å²) < 4.78 is 0. The summed E-state index contributed by atoms with van der Waals surface area (Å²) in [6.07, 6.45) is 41.1. The molecule has 1 aromatic carbocycles. The topological polar surface area (TPSA) is 24.1 Å². The Hall–Kier alpha value is -4.82. The highest BCUT2D eigenvalue weighted by atomic mass is 15.0. The lowest BCUT2D eigenvalue weighted by Crippen LogP contribution is -2.29. The van der Waals surface area contributed by atoms with Gasteiger partial charge in [-0.3, -0.25) is 0 Å². The average molecular weight is 527 g/mol. The van der Waals surface area contributed by atoms with E-state index < -0.39 is 0 Å². The monoisotopic (exact) mass is 526 g/mol. The average Bonchev–Trinajstić information content (AvgIpc) is 3.61. The summed E-state index contributed by atoms with van der Waals surface area (Å²) in [7, 11) is 0. The molecule has 41 heavy (non-hydrogen) atoms. The van der Waals surface area contributed by atoms with E-state index in [2.05, 4.69) is 150 Å². The first-order valence-electron chi connectivity index (χ1n) is 14.7. The van der Waals surface area contributed by atoms with Crippen molar-refractivity contribution in [1.29, 1.82) is 0 Å². The van der Waals surface area contributed by atoms with Gasteiger partial charge in [0.25, 0.3) is 0 Å². The van der Waals surface area contributed by atoms with Gasteiger partial charge in [-0.2, -0.15) is 0 Å². The maximum Gasteiger partial charge on any atom is 0.0707 e. The van der Waals surface area contributed by atoms with Gasteiger partial charge >= 0.3 is 0 Å². The Morgan fingerprint density at radius 3 is 1.46 bits per heavy atom. The van der Waals surface area contributed by atoms with Gasteiger partial charge in [-0.15, -0.1) is 0 Å². The van der Waals surface area contributed by atoms with Gasteiger partial charge < -0.3 is 10.6 Å². The molecule has 196 valence electrons. The van der Waals surface area contributed by atoms with Crippen LogP contribution in [0.1, 0.15) is 11.5 Å². The molecule has 4 unspecified atom stereocenters. The van der Waals surface area contributed by atoms with Gasteiger partial charge in [0.2, 0.25) is 0 Å². The summed E-state index contributed by atoms with van der Waals surface area (Å²) in [4.78, 5) is 0. The van der Waals surface area contributed by atoms with Gasteiger partial charge in [0, 0.05) is 40.3 Å². The Morgan fingerprint density at radius 1 is 0.488 bits per heavy atom. The molecule has 2 N–H and O–H groups in total. The van der Waals surface area contributed by atoms with Gasteiger partial charge in [-0.05, 0) is 39.0 Å². The van der Waals surface area contributed by atoms with Gasteiger partial charge in [0.15, 0.2) is 0 Å². The predicted molar refractivity (Wildman–Crippen MR) is 167 cm³/mol. The quantitative estimate of drug-likeness (QED) is 0.428. The Labute approximate surface area is 241 Å². The third kappa shape index (κ3) is 3.37. The Bertz CT molecular complexity index is 1710. The van der Waals surface area contributed by atoms with Crippen molar-refractivity contribution in [3.63, 3.8) is 0 Å². The first-order chi connectivity index (χ1) is 20.3. The molecule has 9 rings (SSSR count). The van der Waals surface area contributed by atoms with Crippen LogP contribution in [0.25, 0.3) is 0 Å². The van der Waals surface area contributed by atoms with Crippen LogP contribution in [-0.2, 0) is 0 Å². The number of fused-ring (bicyclic) bond motifs is 6. The zero-order chi connectivity index (χ0) is 26.9. The van der Waals surface area contributed by atoms with Crippen LogP contribution in [0.15, 0.2) is 196 Å². The van der Waals surface area contributed by atoms with Crippen LogP contribution in [-0.4, -0.2) is 12.1 Å². The van der Waals surface area contributed by atoms with Gasteiger partial charge in [-0.1, -0.05) is 140 Å². The maximum atomic E-state index is 3.85. The van der Waals surface area contributed by atoms with E-state index >= 15 is 0 Å². The SMILES string of the molecule is C1=CC2=C3C=C(C(C4=CC5=C6C=CC=CC6NC5=C5C=CC=CC45)c4ccccc4)C4C=CC=CC4=C3NC2C=C1. The predicted octanol–water partition coefficient (Wildman–Crippen LogP) is 7.43. The zero-order valence-electron chi connectivity index (χ0n) is 22.7. The fourth-order valence-corrected chi connectivity index (χ4v) is 7.80. The number of rotatable bonds is 3. The van der Waals surface area contributed by atoms with Crippen molar-refractivity contribution >= 4 is 0 Å². The van der Waals surface area contributed by atoms with Crippen molar-refractivity contribution in [3.8, 4) is 0 Å². The molecule has 2 nitrogen and oxygen atoms in total. The van der Waals surface area contributed by atoms with E-state index in [4.69, 9.17) is 0 Å². The maximum absolute atomic E-state index is 3.85. The van der Waals surface area contributed by atoms with Crippen LogP contribution < -0.4 is 10.6 Å². The minimum Gasteiger partial charge on any atom is -0.374 e. The molecule has 0 saturated carbocycles. The third-order valence-electron chi connectivity index (χ3n) is 9.58. The van der Waals surface area contributed by atoms with Crippen molar-refractivity contribution in [1.82, 2.24) is 10.6 Å². The van der Waals surface area contributed by atoms with E-state index in [0.29, 0.717) is 0 Å². The molecule has 2 heterocycles. The van der Waals surface area contributed by atoms with Gasteiger partial charge in [0.1, 0.15) is 0 Å². The molecule has 4 atom stereocenters. The van der Waals surface area contributed by atoms with Crippen LogP contribution in [0.3, 0.4) is 0 Å². The molecule has 0 bridgehead atoms. The molecule has 0 aromatic heterocycles. The van der Waals surface area contributed by atoms with Crippen molar-refractivity contribution in [2.24, 2.45) is 11.8 Å². The Morgan fingerprint density at radius 2 is 0.951 bits per heavy atom. The number of hydrogen-bond acceptors (Lipinski definition) is 2.